The van der Waals surface area contributed by atoms with Crippen molar-refractivity contribution in [3.63, 3.8) is 0 Å². The van der Waals surface area contributed by atoms with Crippen molar-refractivity contribution in [3.8, 4) is 0 Å². The Hall–Kier alpha value is -1.68. The van der Waals surface area contributed by atoms with Crippen molar-refractivity contribution in [2.45, 2.75) is 39.5 Å². The molecule has 0 saturated carbocycles. The van der Waals surface area contributed by atoms with E-state index in [2.05, 4.69) is 0 Å². The highest BCUT2D eigenvalue weighted by Gasteiger charge is 2.53. The van der Waals surface area contributed by atoms with Crippen LogP contribution in [-0.4, -0.2) is 24.6 Å². The average Bonchev–Trinajstić information content (AvgIpc) is 2.54. The number of aryl methyl sites for hydroxylation is 1. The maximum absolute atomic E-state index is 13.1. The lowest BCUT2D eigenvalue weighted by Gasteiger charge is -2.38. The molecule has 124 valence electrons. The van der Waals surface area contributed by atoms with Crippen LogP contribution in [0.3, 0.4) is 0 Å². The first-order chi connectivity index (χ1) is 10.9. The van der Waals surface area contributed by atoms with Crippen molar-refractivity contribution in [2.75, 3.05) is 7.11 Å². The zero-order valence-corrected chi connectivity index (χ0v) is 14.4. The van der Waals surface area contributed by atoms with E-state index in [1.165, 1.54) is 7.11 Å². The minimum atomic E-state index is -1.29. The molecule has 4 nitrogen and oxygen atoms in total. The van der Waals surface area contributed by atoms with Crippen LogP contribution in [0.5, 0.6) is 0 Å². The van der Waals surface area contributed by atoms with Crippen molar-refractivity contribution < 1.29 is 19.1 Å². The summed E-state index contributed by atoms with van der Waals surface area (Å²) in [5, 5.41) is 0.566. The number of carbonyl (C=O) groups excluding carboxylic acids is 3. The van der Waals surface area contributed by atoms with Crippen LogP contribution in [0.4, 0.5) is 0 Å². The third-order valence-electron chi connectivity index (χ3n) is 4.82. The molecule has 2 rings (SSSR count). The number of benzene rings is 1. The number of Topliss-reactive ketones (excluding diaryl/α,β-unsaturated/α-hetero) is 2. The van der Waals surface area contributed by atoms with E-state index >= 15 is 0 Å². The summed E-state index contributed by atoms with van der Waals surface area (Å²) in [7, 11) is 1.28. The number of carbonyl (C=O) groups is 3. The fourth-order valence-corrected chi connectivity index (χ4v) is 3.58. The van der Waals surface area contributed by atoms with Crippen LogP contribution in [0.2, 0.25) is 5.02 Å². The van der Waals surface area contributed by atoms with E-state index in [9.17, 15) is 14.4 Å². The first kappa shape index (κ1) is 17.7. The van der Waals surface area contributed by atoms with Crippen molar-refractivity contribution in [1.82, 2.24) is 0 Å². The van der Waals surface area contributed by atoms with Crippen LogP contribution in [0.15, 0.2) is 18.2 Å². The number of rotatable bonds is 5. The summed E-state index contributed by atoms with van der Waals surface area (Å²) in [6, 6.07) is 5.07. The molecule has 23 heavy (non-hydrogen) atoms. The topological polar surface area (TPSA) is 60.4 Å². The van der Waals surface area contributed by atoms with Gasteiger partial charge >= 0.3 is 5.97 Å². The number of halogens is 1. The Balaban J connectivity index is 2.48. The Morgan fingerprint density at radius 2 is 2.09 bits per heavy atom. The molecule has 0 amide bonds. The summed E-state index contributed by atoms with van der Waals surface area (Å²) in [6.07, 6.45) is 1.48. The molecular weight excluding hydrogens is 316 g/mol. The Morgan fingerprint density at radius 3 is 2.70 bits per heavy atom. The summed E-state index contributed by atoms with van der Waals surface area (Å²) in [4.78, 5) is 37.4. The van der Waals surface area contributed by atoms with Gasteiger partial charge in [0, 0.05) is 23.4 Å². The Kier molecular flexibility index (Phi) is 5.25. The second-order valence-corrected chi connectivity index (χ2v) is 6.53. The highest BCUT2D eigenvalue weighted by Crippen LogP contribution is 2.44. The molecule has 0 N–H and O–H groups in total. The third kappa shape index (κ3) is 3.05. The fourth-order valence-electron chi connectivity index (χ4n) is 3.38. The van der Waals surface area contributed by atoms with Gasteiger partial charge in [0.1, 0.15) is 11.2 Å². The second kappa shape index (κ2) is 6.83. The number of ether oxygens (including phenoxy) is 1. The van der Waals surface area contributed by atoms with Gasteiger partial charge in [0.05, 0.1) is 7.11 Å². The van der Waals surface area contributed by atoms with Gasteiger partial charge in [-0.15, -0.1) is 0 Å². The molecule has 0 aliphatic heterocycles. The molecule has 0 aromatic heterocycles. The van der Waals surface area contributed by atoms with Crippen LogP contribution < -0.4 is 0 Å². The van der Waals surface area contributed by atoms with E-state index in [4.69, 9.17) is 16.3 Å². The van der Waals surface area contributed by atoms with Crippen LogP contribution in [-0.2, 0) is 20.7 Å². The molecule has 0 fully saturated rings. The smallest absolute Gasteiger partial charge is 0.320 e. The molecule has 0 radical (unpaired) electrons. The van der Waals surface area contributed by atoms with Gasteiger partial charge in [0.25, 0.3) is 0 Å². The van der Waals surface area contributed by atoms with Gasteiger partial charge in [-0.25, -0.2) is 0 Å². The number of hydrogen-bond donors (Lipinski definition) is 0. The van der Waals surface area contributed by atoms with Crippen LogP contribution in [0, 0.1) is 11.3 Å². The number of ketones is 2. The van der Waals surface area contributed by atoms with E-state index in [1.54, 1.807) is 32.0 Å². The van der Waals surface area contributed by atoms with E-state index in [0.29, 0.717) is 29.8 Å². The molecule has 1 aliphatic rings. The van der Waals surface area contributed by atoms with Gasteiger partial charge in [-0.05, 0) is 42.5 Å². The average molecular weight is 337 g/mol. The lowest BCUT2D eigenvalue weighted by Crippen LogP contribution is -2.49. The van der Waals surface area contributed by atoms with Gasteiger partial charge in [-0.1, -0.05) is 25.4 Å². The fraction of sp³-hybridized carbons (Fsp3) is 0.500. The summed E-state index contributed by atoms with van der Waals surface area (Å²) in [5.74, 6) is -1.19. The van der Waals surface area contributed by atoms with Crippen molar-refractivity contribution in [3.05, 3.63) is 34.3 Å². The molecule has 0 unspecified atom stereocenters. The Labute approximate surface area is 141 Å². The number of esters is 1. The van der Waals surface area contributed by atoms with Gasteiger partial charge in [0.2, 0.25) is 0 Å². The van der Waals surface area contributed by atoms with E-state index < -0.39 is 17.3 Å². The van der Waals surface area contributed by atoms with Gasteiger partial charge < -0.3 is 4.74 Å². The van der Waals surface area contributed by atoms with Crippen molar-refractivity contribution in [1.29, 1.82) is 0 Å². The lowest BCUT2D eigenvalue weighted by atomic mass is 9.62. The molecule has 0 heterocycles. The van der Waals surface area contributed by atoms with Crippen molar-refractivity contribution in [2.24, 2.45) is 11.3 Å². The molecule has 2 atom stereocenters. The monoisotopic (exact) mass is 336 g/mol. The Bertz CT molecular complexity index is 652. The van der Waals surface area contributed by atoms with Gasteiger partial charge in [-0.2, -0.15) is 0 Å². The SMILES string of the molecule is CCC(=O)C[C@H](C)[C@@]1(C(=O)OC)CCc2cc(Cl)ccc2C1=O. The highest BCUT2D eigenvalue weighted by molar-refractivity contribution is 6.31. The molecule has 0 spiro atoms. The first-order valence-electron chi connectivity index (χ1n) is 7.80. The maximum Gasteiger partial charge on any atom is 0.320 e. The molecule has 1 aromatic carbocycles. The van der Waals surface area contributed by atoms with Crippen LogP contribution >= 0.6 is 11.6 Å². The zero-order valence-electron chi connectivity index (χ0n) is 13.6. The molecule has 5 heteroatoms. The molecule has 0 bridgehead atoms. The predicted octanol–water partition coefficient (Wildman–Crippen LogP) is 3.63. The summed E-state index contributed by atoms with van der Waals surface area (Å²) < 4.78 is 4.94. The number of hydrogen-bond acceptors (Lipinski definition) is 4. The molecule has 0 saturated heterocycles. The largest absolute Gasteiger partial charge is 0.468 e. The van der Waals surface area contributed by atoms with Crippen LogP contribution in [0.25, 0.3) is 0 Å². The van der Waals surface area contributed by atoms with Crippen LogP contribution in [0.1, 0.15) is 49.0 Å². The van der Waals surface area contributed by atoms with E-state index in [0.717, 1.165) is 5.56 Å². The zero-order chi connectivity index (χ0) is 17.2. The highest BCUT2D eigenvalue weighted by atomic mass is 35.5. The standard InChI is InChI=1S/C18H21ClO4/c1-4-14(20)9-11(2)18(17(22)23-3)8-7-12-10-13(19)5-6-15(12)16(18)21/h5-6,10-11H,4,7-9H2,1-3H3/t11-,18-/m0/s1. The second-order valence-electron chi connectivity index (χ2n) is 6.09. The minimum Gasteiger partial charge on any atom is -0.468 e. The summed E-state index contributed by atoms with van der Waals surface area (Å²) in [5.41, 5.74) is 0.0540. The Morgan fingerprint density at radius 1 is 1.39 bits per heavy atom. The summed E-state index contributed by atoms with van der Waals surface area (Å²) >= 11 is 5.99. The molecular formula is C18H21ClO4. The quantitative estimate of drug-likeness (QED) is 0.608. The maximum atomic E-state index is 13.1. The number of methoxy groups -OCH3 is 1. The first-order valence-corrected chi connectivity index (χ1v) is 8.18. The van der Waals surface area contributed by atoms with Crippen molar-refractivity contribution >= 4 is 29.1 Å². The lowest BCUT2D eigenvalue weighted by molar-refractivity contribution is -0.153. The van der Waals surface area contributed by atoms with Gasteiger partial charge in [-0.3, -0.25) is 14.4 Å². The van der Waals surface area contributed by atoms with Gasteiger partial charge in [0.15, 0.2) is 5.78 Å². The van der Waals surface area contributed by atoms with E-state index in [1.807, 2.05) is 0 Å². The molecule has 1 aliphatic carbocycles. The van der Waals surface area contributed by atoms with E-state index in [-0.39, 0.29) is 18.0 Å². The minimum absolute atomic E-state index is 0.0375. The molecule has 1 aromatic rings. The summed E-state index contributed by atoms with van der Waals surface area (Å²) in [6.45, 7) is 3.56. The third-order valence-corrected chi connectivity index (χ3v) is 5.06. The predicted molar refractivity (Wildman–Crippen MR) is 87.6 cm³/mol. The normalized spacial score (nSPS) is 21.5. The number of fused-ring (bicyclic) bond motifs is 1.